The number of hydrogen-bond donors (Lipinski definition) is 2. The summed E-state index contributed by atoms with van der Waals surface area (Å²) in [5.74, 6) is 0.432. The molecule has 2 unspecified atom stereocenters. The molecule has 1 aromatic heterocycles. The van der Waals surface area contributed by atoms with E-state index in [0.717, 1.165) is 30.6 Å². The second kappa shape index (κ2) is 6.90. The van der Waals surface area contributed by atoms with E-state index in [1.165, 1.54) is 16.6 Å². The molecule has 3 nitrogen and oxygen atoms in total. The molecule has 3 heteroatoms. The number of fused-ring (bicyclic) bond motifs is 1. The summed E-state index contributed by atoms with van der Waals surface area (Å²) in [6.07, 6.45) is 1.54. The number of hydrogen-bond acceptors (Lipinski definition) is 3. The molecular formula is C18H26N2O. The number of aliphatic hydroxyl groups excluding tert-OH is 1. The topological polar surface area (TPSA) is 45.2 Å². The maximum absolute atomic E-state index is 9.50. The summed E-state index contributed by atoms with van der Waals surface area (Å²) in [6.45, 7) is 9.13. The summed E-state index contributed by atoms with van der Waals surface area (Å²) in [7, 11) is 0. The highest BCUT2D eigenvalue weighted by molar-refractivity contribution is 5.93. The van der Waals surface area contributed by atoms with Gasteiger partial charge in [0.25, 0.3) is 0 Å². The number of aryl methyl sites for hydroxylation is 1. The lowest BCUT2D eigenvalue weighted by atomic mass is 10.0. The third-order valence-electron chi connectivity index (χ3n) is 3.92. The SMILES string of the molecule is CCc1c(C)nc2ccccc2c1NCC(C)CC(C)O. The number of para-hydroxylation sites is 1. The lowest BCUT2D eigenvalue weighted by Gasteiger charge is -2.19. The van der Waals surface area contributed by atoms with Gasteiger partial charge in [-0.05, 0) is 44.2 Å². The van der Waals surface area contributed by atoms with Crippen molar-refractivity contribution in [3.63, 3.8) is 0 Å². The number of aliphatic hydroxyl groups is 1. The van der Waals surface area contributed by atoms with E-state index < -0.39 is 0 Å². The molecule has 0 aliphatic rings. The van der Waals surface area contributed by atoms with Crippen LogP contribution in [-0.2, 0) is 6.42 Å². The molecule has 0 fully saturated rings. The van der Waals surface area contributed by atoms with Crippen LogP contribution in [0.25, 0.3) is 10.9 Å². The minimum atomic E-state index is -0.247. The lowest BCUT2D eigenvalue weighted by Crippen LogP contribution is -2.17. The average molecular weight is 286 g/mol. The number of pyridine rings is 1. The molecule has 0 spiro atoms. The molecule has 2 N–H and O–H groups in total. The Kier molecular flexibility index (Phi) is 5.18. The van der Waals surface area contributed by atoms with Gasteiger partial charge in [-0.15, -0.1) is 0 Å². The normalized spacial score (nSPS) is 14.1. The van der Waals surface area contributed by atoms with Crippen LogP contribution >= 0.6 is 0 Å². The van der Waals surface area contributed by atoms with E-state index in [-0.39, 0.29) is 6.10 Å². The Hall–Kier alpha value is -1.61. The maximum atomic E-state index is 9.50. The van der Waals surface area contributed by atoms with E-state index in [1.807, 2.05) is 13.0 Å². The molecule has 0 aliphatic heterocycles. The van der Waals surface area contributed by atoms with Crippen LogP contribution in [0.5, 0.6) is 0 Å². The van der Waals surface area contributed by atoms with Crippen molar-refractivity contribution in [1.82, 2.24) is 4.98 Å². The van der Waals surface area contributed by atoms with E-state index in [9.17, 15) is 5.11 Å². The zero-order valence-electron chi connectivity index (χ0n) is 13.5. The Labute approximate surface area is 127 Å². The molecule has 0 saturated heterocycles. The first-order valence-electron chi connectivity index (χ1n) is 7.83. The Balaban J connectivity index is 2.32. The van der Waals surface area contributed by atoms with Gasteiger partial charge in [0, 0.05) is 23.3 Å². The van der Waals surface area contributed by atoms with Crippen molar-refractivity contribution in [3.05, 3.63) is 35.5 Å². The van der Waals surface area contributed by atoms with Gasteiger partial charge in [0.15, 0.2) is 0 Å². The van der Waals surface area contributed by atoms with Gasteiger partial charge in [-0.1, -0.05) is 32.0 Å². The molecule has 0 saturated carbocycles. The molecule has 0 bridgehead atoms. The van der Waals surface area contributed by atoms with Crippen molar-refractivity contribution in [1.29, 1.82) is 0 Å². The van der Waals surface area contributed by atoms with Gasteiger partial charge in [-0.2, -0.15) is 0 Å². The summed E-state index contributed by atoms with van der Waals surface area (Å²) in [5.41, 5.74) is 4.63. The minimum absolute atomic E-state index is 0.247. The standard InChI is InChI=1S/C18H26N2O/c1-5-15-14(4)20-17-9-7-6-8-16(17)18(15)19-11-12(2)10-13(3)21/h6-9,12-13,21H,5,10-11H2,1-4H3,(H,19,20). The summed E-state index contributed by atoms with van der Waals surface area (Å²) in [4.78, 5) is 4.70. The maximum Gasteiger partial charge on any atom is 0.0726 e. The van der Waals surface area contributed by atoms with Crippen molar-refractivity contribution >= 4 is 16.6 Å². The second-order valence-corrected chi connectivity index (χ2v) is 5.99. The number of aromatic nitrogens is 1. The highest BCUT2D eigenvalue weighted by Gasteiger charge is 2.12. The Morgan fingerprint density at radius 3 is 2.62 bits per heavy atom. The van der Waals surface area contributed by atoms with Crippen molar-refractivity contribution in [2.45, 2.75) is 46.6 Å². The lowest BCUT2D eigenvalue weighted by molar-refractivity contribution is 0.166. The predicted octanol–water partition coefficient (Wildman–Crippen LogP) is 3.92. The fraction of sp³-hybridized carbons (Fsp3) is 0.500. The van der Waals surface area contributed by atoms with Gasteiger partial charge >= 0.3 is 0 Å². The van der Waals surface area contributed by atoms with E-state index in [1.54, 1.807) is 0 Å². The zero-order chi connectivity index (χ0) is 15.4. The van der Waals surface area contributed by atoms with Crippen LogP contribution in [0, 0.1) is 12.8 Å². The summed E-state index contributed by atoms with van der Waals surface area (Å²) in [5, 5.41) is 14.3. The van der Waals surface area contributed by atoms with Gasteiger partial charge in [0.2, 0.25) is 0 Å². The fourth-order valence-electron chi connectivity index (χ4n) is 2.95. The number of nitrogens with one attached hydrogen (secondary N) is 1. The van der Waals surface area contributed by atoms with E-state index in [0.29, 0.717) is 5.92 Å². The quantitative estimate of drug-likeness (QED) is 0.846. The van der Waals surface area contributed by atoms with Gasteiger partial charge in [-0.25, -0.2) is 0 Å². The predicted molar refractivity (Wildman–Crippen MR) is 89.8 cm³/mol. The van der Waals surface area contributed by atoms with Crippen LogP contribution in [-0.4, -0.2) is 22.7 Å². The first kappa shape index (κ1) is 15.8. The number of anilines is 1. The van der Waals surface area contributed by atoms with Crippen molar-refractivity contribution < 1.29 is 5.11 Å². The average Bonchev–Trinajstić information content (AvgIpc) is 2.43. The highest BCUT2D eigenvalue weighted by Crippen LogP contribution is 2.29. The van der Waals surface area contributed by atoms with Crippen LogP contribution < -0.4 is 5.32 Å². The minimum Gasteiger partial charge on any atom is -0.393 e. The number of benzene rings is 1. The fourth-order valence-corrected chi connectivity index (χ4v) is 2.95. The molecule has 0 amide bonds. The third kappa shape index (κ3) is 3.73. The molecule has 21 heavy (non-hydrogen) atoms. The van der Waals surface area contributed by atoms with Gasteiger partial charge in [0.1, 0.15) is 0 Å². The molecule has 0 radical (unpaired) electrons. The third-order valence-corrected chi connectivity index (χ3v) is 3.92. The van der Waals surface area contributed by atoms with Crippen molar-refractivity contribution in [2.24, 2.45) is 5.92 Å². The smallest absolute Gasteiger partial charge is 0.0726 e. The van der Waals surface area contributed by atoms with Crippen LogP contribution in [0.15, 0.2) is 24.3 Å². The first-order chi connectivity index (χ1) is 10.0. The number of rotatable bonds is 6. The van der Waals surface area contributed by atoms with E-state index >= 15 is 0 Å². The van der Waals surface area contributed by atoms with Crippen LogP contribution in [0.2, 0.25) is 0 Å². The van der Waals surface area contributed by atoms with Crippen molar-refractivity contribution in [3.8, 4) is 0 Å². The van der Waals surface area contributed by atoms with Crippen LogP contribution in [0.4, 0.5) is 5.69 Å². The van der Waals surface area contributed by atoms with E-state index in [4.69, 9.17) is 4.98 Å². The molecule has 2 rings (SSSR count). The van der Waals surface area contributed by atoms with Gasteiger partial charge < -0.3 is 10.4 Å². The summed E-state index contributed by atoms with van der Waals surface area (Å²) >= 11 is 0. The summed E-state index contributed by atoms with van der Waals surface area (Å²) in [6, 6.07) is 8.28. The monoisotopic (exact) mass is 286 g/mol. The largest absolute Gasteiger partial charge is 0.393 e. The highest BCUT2D eigenvalue weighted by atomic mass is 16.3. The first-order valence-corrected chi connectivity index (χ1v) is 7.83. The zero-order valence-corrected chi connectivity index (χ0v) is 13.5. The molecule has 2 aromatic rings. The van der Waals surface area contributed by atoms with Crippen molar-refractivity contribution in [2.75, 3.05) is 11.9 Å². The van der Waals surface area contributed by atoms with E-state index in [2.05, 4.69) is 44.3 Å². The summed E-state index contributed by atoms with van der Waals surface area (Å²) < 4.78 is 0. The van der Waals surface area contributed by atoms with Crippen LogP contribution in [0.1, 0.15) is 38.4 Å². The van der Waals surface area contributed by atoms with Gasteiger partial charge in [-0.3, -0.25) is 4.98 Å². The second-order valence-electron chi connectivity index (χ2n) is 5.99. The molecule has 0 aliphatic carbocycles. The van der Waals surface area contributed by atoms with Crippen LogP contribution in [0.3, 0.4) is 0 Å². The Morgan fingerprint density at radius 2 is 1.95 bits per heavy atom. The molecule has 1 aromatic carbocycles. The van der Waals surface area contributed by atoms with Gasteiger partial charge in [0.05, 0.1) is 11.6 Å². The molecule has 114 valence electrons. The molecular weight excluding hydrogens is 260 g/mol. The molecule has 1 heterocycles. The Bertz CT molecular complexity index is 607. The Morgan fingerprint density at radius 1 is 1.24 bits per heavy atom. The number of nitrogens with zero attached hydrogens (tertiary/aromatic N) is 1. The molecule has 2 atom stereocenters.